The van der Waals surface area contributed by atoms with E-state index in [0.29, 0.717) is 17.9 Å². The van der Waals surface area contributed by atoms with Gasteiger partial charge >= 0.3 is 0 Å². The first-order chi connectivity index (χ1) is 9.58. The number of benzene rings is 1. The highest BCUT2D eigenvalue weighted by atomic mass is 19.3. The van der Waals surface area contributed by atoms with Gasteiger partial charge in [-0.25, -0.2) is 13.2 Å². The molecule has 0 aliphatic carbocycles. The Morgan fingerprint density at radius 1 is 1.35 bits per heavy atom. The Kier molecular flexibility index (Phi) is 4.49. The molecule has 7 heteroatoms. The lowest BCUT2D eigenvalue weighted by Gasteiger charge is -2.06. The molecule has 20 heavy (non-hydrogen) atoms. The van der Waals surface area contributed by atoms with Crippen LogP contribution < -0.4 is 10.1 Å². The fourth-order valence-corrected chi connectivity index (χ4v) is 1.71. The van der Waals surface area contributed by atoms with Gasteiger partial charge in [0.05, 0.1) is 7.11 Å². The number of nitrogens with zero attached hydrogens (tertiary/aromatic N) is 2. The highest BCUT2D eigenvalue weighted by molar-refractivity contribution is 5.36. The summed E-state index contributed by atoms with van der Waals surface area (Å²) in [5.74, 6) is 0.187. The van der Waals surface area contributed by atoms with Crippen LogP contribution in [0.25, 0.3) is 0 Å². The van der Waals surface area contributed by atoms with Crippen molar-refractivity contribution in [2.24, 2.45) is 0 Å². The van der Waals surface area contributed by atoms with Gasteiger partial charge in [-0.1, -0.05) is 6.07 Å². The lowest BCUT2D eigenvalue weighted by molar-refractivity contribution is 0.122. The number of nitrogens with one attached hydrogen (secondary N) is 1. The van der Waals surface area contributed by atoms with Crippen molar-refractivity contribution in [3.63, 3.8) is 0 Å². The molecule has 2 rings (SSSR count). The van der Waals surface area contributed by atoms with Crippen LogP contribution >= 0.6 is 0 Å². The molecule has 0 fully saturated rings. The number of hydrogen-bond acceptors (Lipinski definition) is 3. The van der Waals surface area contributed by atoms with Crippen LogP contribution in [0.5, 0.6) is 5.75 Å². The molecule has 0 aliphatic rings. The maximum atomic E-state index is 13.5. The lowest BCUT2D eigenvalue weighted by Crippen LogP contribution is -2.08. The highest BCUT2D eigenvalue weighted by Crippen LogP contribution is 2.18. The summed E-state index contributed by atoms with van der Waals surface area (Å²) in [6, 6.07) is 6.18. The standard InChI is InChI=1S/C13H14F3N3O/c1-20-11-3-2-9(6-10(11)14)7-17-13-4-5-19(18-13)8-12(15)16/h2-6,12H,7-8H2,1H3,(H,17,18). The van der Waals surface area contributed by atoms with E-state index in [4.69, 9.17) is 4.74 Å². The number of alkyl halides is 2. The van der Waals surface area contributed by atoms with Gasteiger partial charge in [0.25, 0.3) is 6.43 Å². The van der Waals surface area contributed by atoms with Crippen molar-refractivity contribution in [3.05, 3.63) is 41.8 Å². The van der Waals surface area contributed by atoms with E-state index in [1.165, 1.54) is 25.4 Å². The zero-order valence-corrected chi connectivity index (χ0v) is 10.8. The minimum atomic E-state index is -2.45. The Labute approximate surface area is 114 Å². The number of methoxy groups -OCH3 is 1. The molecule has 0 unspecified atom stereocenters. The Morgan fingerprint density at radius 2 is 2.15 bits per heavy atom. The van der Waals surface area contributed by atoms with E-state index in [1.54, 1.807) is 12.1 Å². The summed E-state index contributed by atoms with van der Waals surface area (Å²) < 4.78 is 43.8. The SMILES string of the molecule is COc1ccc(CNc2ccn(CC(F)F)n2)cc1F. The van der Waals surface area contributed by atoms with Crippen LogP contribution in [0.2, 0.25) is 0 Å². The third kappa shape index (κ3) is 3.66. The molecule has 1 N–H and O–H groups in total. The molecule has 1 aromatic carbocycles. The van der Waals surface area contributed by atoms with E-state index < -0.39 is 18.8 Å². The minimum Gasteiger partial charge on any atom is -0.494 e. The fraction of sp³-hybridized carbons (Fsp3) is 0.308. The molecule has 0 atom stereocenters. The van der Waals surface area contributed by atoms with Gasteiger partial charge in [-0.15, -0.1) is 0 Å². The first-order valence-electron chi connectivity index (χ1n) is 5.96. The summed E-state index contributed by atoms with van der Waals surface area (Å²) in [7, 11) is 1.39. The second-order valence-electron chi connectivity index (χ2n) is 4.14. The van der Waals surface area contributed by atoms with E-state index in [-0.39, 0.29) is 5.75 Å². The van der Waals surface area contributed by atoms with Crippen molar-refractivity contribution in [2.75, 3.05) is 12.4 Å². The van der Waals surface area contributed by atoms with Gasteiger partial charge < -0.3 is 10.1 Å². The third-order valence-corrected chi connectivity index (χ3v) is 2.66. The van der Waals surface area contributed by atoms with Crippen molar-refractivity contribution in [1.82, 2.24) is 9.78 Å². The van der Waals surface area contributed by atoms with Crippen LogP contribution in [0.4, 0.5) is 19.0 Å². The van der Waals surface area contributed by atoms with Crippen molar-refractivity contribution < 1.29 is 17.9 Å². The fourth-order valence-electron chi connectivity index (χ4n) is 1.71. The van der Waals surface area contributed by atoms with E-state index in [2.05, 4.69) is 10.4 Å². The summed E-state index contributed by atoms with van der Waals surface area (Å²) in [5.41, 5.74) is 0.701. The lowest BCUT2D eigenvalue weighted by atomic mass is 10.2. The van der Waals surface area contributed by atoms with Crippen LogP contribution in [-0.2, 0) is 13.1 Å². The van der Waals surface area contributed by atoms with Gasteiger partial charge in [0, 0.05) is 18.8 Å². The molecule has 108 valence electrons. The molecule has 2 aromatic rings. The molecule has 0 saturated heterocycles. The van der Waals surface area contributed by atoms with Crippen LogP contribution in [0, 0.1) is 5.82 Å². The number of anilines is 1. The third-order valence-electron chi connectivity index (χ3n) is 2.66. The number of rotatable bonds is 6. The van der Waals surface area contributed by atoms with Crippen molar-refractivity contribution in [1.29, 1.82) is 0 Å². The minimum absolute atomic E-state index is 0.176. The molecular weight excluding hydrogens is 271 g/mol. The second-order valence-corrected chi connectivity index (χ2v) is 4.14. The molecule has 0 spiro atoms. The zero-order chi connectivity index (χ0) is 14.5. The first-order valence-corrected chi connectivity index (χ1v) is 5.96. The van der Waals surface area contributed by atoms with Gasteiger partial charge in [-0.05, 0) is 17.7 Å². The Hall–Kier alpha value is -2.18. The van der Waals surface area contributed by atoms with E-state index in [1.807, 2.05) is 0 Å². The second kappa shape index (κ2) is 6.31. The van der Waals surface area contributed by atoms with E-state index in [0.717, 1.165) is 4.68 Å². The van der Waals surface area contributed by atoms with Gasteiger partial charge in [0.15, 0.2) is 11.6 Å². The highest BCUT2D eigenvalue weighted by Gasteiger charge is 2.06. The largest absolute Gasteiger partial charge is 0.494 e. The van der Waals surface area contributed by atoms with Gasteiger partial charge in [0.1, 0.15) is 12.4 Å². The number of halogens is 3. The number of aromatic nitrogens is 2. The Bertz CT molecular complexity index is 572. The molecule has 1 heterocycles. The molecular formula is C13H14F3N3O. The maximum Gasteiger partial charge on any atom is 0.257 e. The van der Waals surface area contributed by atoms with Crippen LogP contribution in [0.1, 0.15) is 5.56 Å². The molecule has 0 aliphatic heterocycles. The molecule has 0 saturated carbocycles. The summed E-state index contributed by atoms with van der Waals surface area (Å²) in [6.07, 6.45) is -0.984. The average molecular weight is 285 g/mol. The van der Waals surface area contributed by atoms with Gasteiger partial charge in [-0.2, -0.15) is 5.10 Å². The predicted molar refractivity (Wildman–Crippen MR) is 68.5 cm³/mol. The van der Waals surface area contributed by atoms with Crippen molar-refractivity contribution in [2.45, 2.75) is 19.5 Å². The van der Waals surface area contributed by atoms with E-state index in [9.17, 15) is 13.2 Å². The molecule has 0 amide bonds. The van der Waals surface area contributed by atoms with Crippen LogP contribution in [0.3, 0.4) is 0 Å². The predicted octanol–water partition coefficient (Wildman–Crippen LogP) is 2.91. The van der Waals surface area contributed by atoms with Gasteiger partial charge in [-0.3, -0.25) is 4.68 Å². The number of ether oxygens (including phenoxy) is 1. The Morgan fingerprint density at radius 3 is 2.80 bits per heavy atom. The van der Waals surface area contributed by atoms with Crippen molar-refractivity contribution >= 4 is 5.82 Å². The normalized spacial score (nSPS) is 10.8. The first kappa shape index (κ1) is 14.2. The topological polar surface area (TPSA) is 39.1 Å². The maximum absolute atomic E-state index is 13.5. The summed E-state index contributed by atoms with van der Waals surface area (Å²) in [6.45, 7) is -0.106. The summed E-state index contributed by atoms with van der Waals surface area (Å²) in [5, 5.41) is 6.86. The van der Waals surface area contributed by atoms with E-state index >= 15 is 0 Å². The van der Waals surface area contributed by atoms with Crippen LogP contribution in [0.15, 0.2) is 30.5 Å². The molecule has 1 aromatic heterocycles. The van der Waals surface area contributed by atoms with Crippen molar-refractivity contribution in [3.8, 4) is 5.75 Å². The van der Waals surface area contributed by atoms with Gasteiger partial charge in [0.2, 0.25) is 0 Å². The molecule has 0 bridgehead atoms. The molecule has 0 radical (unpaired) electrons. The number of hydrogen-bond donors (Lipinski definition) is 1. The average Bonchev–Trinajstić information content (AvgIpc) is 2.83. The molecule has 4 nitrogen and oxygen atoms in total. The summed E-state index contributed by atoms with van der Waals surface area (Å²) in [4.78, 5) is 0. The Balaban J connectivity index is 1.94. The van der Waals surface area contributed by atoms with Crippen LogP contribution in [-0.4, -0.2) is 23.3 Å². The quantitative estimate of drug-likeness (QED) is 0.887. The monoisotopic (exact) mass is 285 g/mol. The summed E-state index contributed by atoms with van der Waals surface area (Å²) >= 11 is 0. The smallest absolute Gasteiger partial charge is 0.257 e. The zero-order valence-electron chi connectivity index (χ0n) is 10.8.